The molecule has 1 aliphatic rings. The number of rotatable bonds is 7. The first-order valence-corrected chi connectivity index (χ1v) is 12.8. The van der Waals surface area contributed by atoms with Gasteiger partial charge in [-0.2, -0.15) is 9.40 Å². The summed E-state index contributed by atoms with van der Waals surface area (Å²) >= 11 is 0. The normalized spacial score (nSPS) is 14.7. The molecule has 1 aromatic heterocycles. The van der Waals surface area contributed by atoms with Crippen LogP contribution in [-0.4, -0.2) is 48.6 Å². The molecule has 1 amide bonds. The monoisotopic (exact) mass is 482 g/mol. The highest BCUT2D eigenvalue weighted by atomic mass is 32.2. The maximum Gasteiger partial charge on any atom is 0.255 e. The summed E-state index contributed by atoms with van der Waals surface area (Å²) in [4.78, 5) is 12.9. The number of sulfonamides is 1. The number of hydrogen-bond acceptors (Lipinski definition) is 5. The first-order chi connectivity index (χ1) is 16.3. The van der Waals surface area contributed by atoms with E-state index in [4.69, 9.17) is 4.74 Å². The van der Waals surface area contributed by atoms with Gasteiger partial charge in [0.25, 0.3) is 5.91 Å². The Bertz CT molecular complexity index is 1280. The van der Waals surface area contributed by atoms with E-state index in [1.165, 1.54) is 0 Å². The van der Waals surface area contributed by atoms with Gasteiger partial charge >= 0.3 is 0 Å². The molecule has 0 aliphatic carbocycles. The van der Waals surface area contributed by atoms with Crippen LogP contribution in [0.5, 0.6) is 5.75 Å². The van der Waals surface area contributed by atoms with Gasteiger partial charge in [0.2, 0.25) is 10.0 Å². The molecular formula is C25H30N4O4S. The highest BCUT2D eigenvalue weighted by Gasteiger charge is 2.31. The molecule has 0 radical (unpaired) electrons. The van der Waals surface area contributed by atoms with Gasteiger partial charge in [-0.1, -0.05) is 24.6 Å². The first-order valence-electron chi connectivity index (χ1n) is 11.4. The number of ether oxygens (including phenoxy) is 1. The third-order valence-electron chi connectivity index (χ3n) is 6.10. The maximum atomic E-state index is 13.2. The zero-order chi connectivity index (χ0) is 24.3. The maximum absolute atomic E-state index is 13.2. The van der Waals surface area contributed by atoms with Gasteiger partial charge in [-0.25, -0.2) is 8.42 Å². The Morgan fingerprint density at radius 3 is 2.44 bits per heavy atom. The van der Waals surface area contributed by atoms with Crippen LogP contribution >= 0.6 is 0 Å². The number of amides is 1. The predicted octanol–water partition coefficient (Wildman–Crippen LogP) is 3.98. The number of nitrogens with one attached hydrogen (secondary N) is 1. The van der Waals surface area contributed by atoms with Crippen LogP contribution in [0.1, 0.15) is 46.6 Å². The van der Waals surface area contributed by atoms with Gasteiger partial charge in [0.15, 0.2) is 0 Å². The number of nitrogens with zero attached hydrogens (tertiary/aromatic N) is 3. The van der Waals surface area contributed by atoms with Gasteiger partial charge in [-0.3, -0.25) is 9.48 Å². The minimum Gasteiger partial charge on any atom is -0.497 e. The molecule has 1 saturated heterocycles. The summed E-state index contributed by atoms with van der Waals surface area (Å²) in [5, 5.41) is 7.38. The van der Waals surface area contributed by atoms with Crippen molar-refractivity contribution in [3.8, 4) is 5.75 Å². The summed E-state index contributed by atoms with van der Waals surface area (Å²) in [5.41, 5.74) is 3.23. The Morgan fingerprint density at radius 2 is 1.76 bits per heavy atom. The third-order valence-corrected chi connectivity index (χ3v) is 8.26. The number of carbonyl (C=O) groups excluding carboxylic acids is 1. The van der Waals surface area contributed by atoms with Gasteiger partial charge in [-0.05, 0) is 56.5 Å². The average molecular weight is 483 g/mol. The number of aromatic nitrogens is 2. The molecule has 0 atom stereocenters. The second-order valence-electron chi connectivity index (χ2n) is 8.51. The summed E-state index contributed by atoms with van der Waals surface area (Å²) in [7, 11) is -1.98. The lowest BCUT2D eigenvalue weighted by Gasteiger charge is -2.26. The summed E-state index contributed by atoms with van der Waals surface area (Å²) < 4.78 is 34.9. The van der Waals surface area contributed by atoms with Crippen molar-refractivity contribution in [1.82, 2.24) is 14.1 Å². The molecule has 1 N–H and O–H groups in total. The summed E-state index contributed by atoms with van der Waals surface area (Å²) in [5.74, 6) is 0.445. The van der Waals surface area contributed by atoms with Gasteiger partial charge in [0, 0.05) is 30.4 Å². The molecule has 0 unspecified atom stereocenters. The quantitative estimate of drug-likeness (QED) is 0.550. The van der Waals surface area contributed by atoms with Crippen LogP contribution < -0.4 is 10.1 Å². The molecule has 3 aromatic rings. The van der Waals surface area contributed by atoms with Crippen LogP contribution in [0.4, 0.5) is 5.69 Å². The minimum atomic E-state index is -3.56. The van der Waals surface area contributed by atoms with Crippen molar-refractivity contribution in [2.24, 2.45) is 0 Å². The molecule has 2 aromatic carbocycles. The van der Waals surface area contributed by atoms with Gasteiger partial charge in [0.1, 0.15) is 10.6 Å². The van der Waals surface area contributed by atoms with E-state index in [1.807, 2.05) is 24.3 Å². The van der Waals surface area contributed by atoms with Crippen LogP contribution in [-0.2, 0) is 16.6 Å². The van der Waals surface area contributed by atoms with E-state index in [0.717, 1.165) is 24.8 Å². The molecule has 34 heavy (non-hydrogen) atoms. The largest absolute Gasteiger partial charge is 0.497 e. The minimum absolute atomic E-state index is 0.221. The second-order valence-corrected chi connectivity index (χ2v) is 10.4. The number of methoxy groups -OCH3 is 1. The lowest BCUT2D eigenvalue weighted by Crippen LogP contribution is -2.36. The van der Waals surface area contributed by atoms with Crippen molar-refractivity contribution in [2.75, 3.05) is 25.5 Å². The molecule has 4 rings (SSSR count). The average Bonchev–Trinajstić information content (AvgIpc) is 3.13. The molecule has 9 heteroatoms. The summed E-state index contributed by atoms with van der Waals surface area (Å²) in [6, 6.07) is 14.4. The van der Waals surface area contributed by atoms with Crippen molar-refractivity contribution < 1.29 is 17.9 Å². The zero-order valence-corrected chi connectivity index (χ0v) is 20.6. The highest BCUT2D eigenvalue weighted by Crippen LogP contribution is 2.26. The zero-order valence-electron chi connectivity index (χ0n) is 19.7. The van der Waals surface area contributed by atoms with Crippen LogP contribution in [0.3, 0.4) is 0 Å². The summed E-state index contributed by atoms with van der Waals surface area (Å²) in [6.45, 7) is 5.08. The third kappa shape index (κ3) is 5.00. The van der Waals surface area contributed by atoms with Gasteiger partial charge < -0.3 is 10.1 Å². The van der Waals surface area contributed by atoms with Crippen molar-refractivity contribution in [3.63, 3.8) is 0 Å². The van der Waals surface area contributed by atoms with Crippen LogP contribution in [0, 0.1) is 13.8 Å². The topological polar surface area (TPSA) is 93.5 Å². The fraction of sp³-hybridized carbons (Fsp3) is 0.360. The number of benzene rings is 2. The van der Waals surface area contributed by atoms with Crippen molar-refractivity contribution in [2.45, 2.75) is 44.6 Å². The molecule has 180 valence electrons. The van der Waals surface area contributed by atoms with Gasteiger partial charge in [-0.15, -0.1) is 0 Å². The van der Waals surface area contributed by atoms with Crippen LogP contribution in [0.2, 0.25) is 0 Å². The number of piperidine rings is 1. The molecular weight excluding hydrogens is 452 g/mol. The predicted molar refractivity (Wildman–Crippen MR) is 131 cm³/mol. The molecule has 1 fully saturated rings. The van der Waals surface area contributed by atoms with E-state index in [2.05, 4.69) is 10.4 Å². The number of carbonyl (C=O) groups is 1. The number of aryl methyl sites for hydroxylation is 1. The Hall–Kier alpha value is -3.17. The fourth-order valence-electron chi connectivity index (χ4n) is 4.28. The van der Waals surface area contributed by atoms with E-state index in [-0.39, 0.29) is 5.91 Å². The van der Waals surface area contributed by atoms with Crippen molar-refractivity contribution in [1.29, 1.82) is 0 Å². The molecule has 0 spiro atoms. The lowest BCUT2D eigenvalue weighted by molar-refractivity contribution is 0.102. The lowest BCUT2D eigenvalue weighted by atomic mass is 10.1. The molecule has 0 saturated carbocycles. The highest BCUT2D eigenvalue weighted by molar-refractivity contribution is 7.89. The van der Waals surface area contributed by atoms with E-state index < -0.39 is 10.0 Å². The Balaban J connectivity index is 1.48. The Morgan fingerprint density at radius 1 is 1.06 bits per heavy atom. The second kappa shape index (κ2) is 9.99. The standard InChI is InChI=1S/C25H30N4O4S/c1-18-24(34(31,32)28-14-5-4-6-15-28)19(2)29(27-18)17-20-10-12-21(13-11-20)25(30)26-22-8-7-9-23(16-22)33-3/h7-13,16H,4-6,14-15,17H2,1-3H3,(H,26,30). The SMILES string of the molecule is COc1cccc(NC(=O)c2ccc(Cn3nc(C)c(S(=O)(=O)N4CCCCC4)c3C)cc2)c1. The summed E-state index contributed by atoms with van der Waals surface area (Å²) in [6.07, 6.45) is 2.85. The van der Waals surface area contributed by atoms with Crippen LogP contribution in [0.15, 0.2) is 53.4 Å². The van der Waals surface area contributed by atoms with Gasteiger partial charge in [0.05, 0.1) is 25.0 Å². The molecule has 2 heterocycles. The Labute approximate surface area is 200 Å². The molecule has 1 aliphatic heterocycles. The van der Waals surface area contributed by atoms with Crippen molar-refractivity contribution in [3.05, 3.63) is 71.0 Å². The van der Waals surface area contributed by atoms with E-state index in [1.54, 1.807) is 54.2 Å². The van der Waals surface area contributed by atoms with E-state index >= 15 is 0 Å². The first kappa shape index (κ1) is 24.0. The van der Waals surface area contributed by atoms with Crippen molar-refractivity contribution >= 4 is 21.6 Å². The van der Waals surface area contributed by atoms with E-state index in [0.29, 0.717) is 52.9 Å². The molecule has 0 bridgehead atoms. The van der Waals surface area contributed by atoms with Crippen LogP contribution in [0.25, 0.3) is 0 Å². The molecule has 8 nitrogen and oxygen atoms in total. The number of hydrogen-bond donors (Lipinski definition) is 1. The number of anilines is 1. The Kier molecular flexibility index (Phi) is 7.04. The fourth-order valence-corrected chi connectivity index (χ4v) is 6.17. The smallest absolute Gasteiger partial charge is 0.255 e. The van der Waals surface area contributed by atoms with E-state index in [9.17, 15) is 13.2 Å².